The van der Waals surface area contributed by atoms with Crippen molar-refractivity contribution in [3.63, 3.8) is 0 Å². The molecular formula is C19H21F2N3OS. The second kappa shape index (κ2) is 8.42. The minimum atomic E-state index is -0.861. The van der Waals surface area contributed by atoms with Crippen LogP contribution < -0.4 is 9.46 Å². The van der Waals surface area contributed by atoms with Crippen LogP contribution in [-0.4, -0.2) is 37.1 Å². The minimum Gasteiger partial charge on any atom is -0.494 e. The Balaban J connectivity index is 1.56. The van der Waals surface area contributed by atoms with Gasteiger partial charge in [0.1, 0.15) is 5.75 Å². The maximum Gasteiger partial charge on any atom is 0.160 e. The van der Waals surface area contributed by atoms with E-state index in [9.17, 15) is 8.78 Å². The molecule has 1 heterocycles. The summed E-state index contributed by atoms with van der Waals surface area (Å²) in [7, 11) is 4.08. The van der Waals surface area contributed by atoms with E-state index in [-0.39, 0.29) is 0 Å². The average molecular weight is 377 g/mol. The summed E-state index contributed by atoms with van der Waals surface area (Å²) >= 11 is 1.40. The summed E-state index contributed by atoms with van der Waals surface area (Å²) in [6.07, 6.45) is 2.67. The SMILES string of the molecule is CN(C)CCCOc1ccc(SNc2c[nH]c3cc(F)c(F)cc23)cc1. The zero-order valence-corrected chi connectivity index (χ0v) is 15.5. The van der Waals surface area contributed by atoms with Crippen molar-refractivity contribution in [3.8, 4) is 5.75 Å². The fourth-order valence-electron chi connectivity index (χ4n) is 2.49. The van der Waals surface area contributed by atoms with Gasteiger partial charge in [-0.2, -0.15) is 0 Å². The zero-order chi connectivity index (χ0) is 18.5. The topological polar surface area (TPSA) is 40.3 Å². The number of anilines is 1. The molecule has 3 aromatic rings. The van der Waals surface area contributed by atoms with E-state index in [1.807, 2.05) is 38.4 Å². The number of fused-ring (bicyclic) bond motifs is 1. The number of benzene rings is 2. The Kier molecular flexibility index (Phi) is 6.00. The maximum atomic E-state index is 13.4. The van der Waals surface area contributed by atoms with Crippen LogP contribution in [0.25, 0.3) is 10.9 Å². The fourth-order valence-corrected chi connectivity index (χ4v) is 3.16. The van der Waals surface area contributed by atoms with Crippen LogP contribution in [0.15, 0.2) is 47.5 Å². The van der Waals surface area contributed by atoms with Crippen LogP contribution >= 0.6 is 11.9 Å². The molecule has 0 spiro atoms. The van der Waals surface area contributed by atoms with Crippen LogP contribution in [0.3, 0.4) is 0 Å². The lowest BCUT2D eigenvalue weighted by Gasteiger charge is -2.10. The highest BCUT2D eigenvalue weighted by atomic mass is 32.2. The van der Waals surface area contributed by atoms with E-state index in [0.29, 0.717) is 23.2 Å². The highest BCUT2D eigenvalue weighted by Gasteiger charge is 2.09. The molecule has 4 nitrogen and oxygen atoms in total. The van der Waals surface area contributed by atoms with Crippen LogP contribution in [0.1, 0.15) is 6.42 Å². The summed E-state index contributed by atoms with van der Waals surface area (Å²) in [5.74, 6) is -0.890. The van der Waals surface area contributed by atoms with Crippen LogP contribution in [0, 0.1) is 11.6 Å². The van der Waals surface area contributed by atoms with Gasteiger partial charge in [-0.25, -0.2) is 8.78 Å². The van der Waals surface area contributed by atoms with Gasteiger partial charge in [0.15, 0.2) is 11.6 Å². The summed E-state index contributed by atoms with van der Waals surface area (Å²) in [6, 6.07) is 10.1. The first kappa shape index (κ1) is 18.5. The van der Waals surface area contributed by atoms with Crippen molar-refractivity contribution >= 4 is 28.5 Å². The van der Waals surface area contributed by atoms with Crippen molar-refractivity contribution in [1.29, 1.82) is 0 Å². The molecule has 3 rings (SSSR count). The van der Waals surface area contributed by atoms with E-state index >= 15 is 0 Å². The number of hydrogen-bond donors (Lipinski definition) is 2. The van der Waals surface area contributed by atoms with Gasteiger partial charge in [0.2, 0.25) is 0 Å². The van der Waals surface area contributed by atoms with Gasteiger partial charge in [0, 0.05) is 29.1 Å². The first-order valence-electron chi connectivity index (χ1n) is 8.29. The van der Waals surface area contributed by atoms with Gasteiger partial charge < -0.3 is 19.3 Å². The van der Waals surface area contributed by atoms with Crippen LogP contribution in [0.4, 0.5) is 14.5 Å². The van der Waals surface area contributed by atoms with Gasteiger partial charge in [-0.1, -0.05) is 0 Å². The van der Waals surface area contributed by atoms with Gasteiger partial charge in [0.05, 0.1) is 17.8 Å². The quantitative estimate of drug-likeness (QED) is 0.433. The third kappa shape index (κ3) is 4.68. The summed E-state index contributed by atoms with van der Waals surface area (Å²) < 4.78 is 35.6. The van der Waals surface area contributed by atoms with E-state index in [4.69, 9.17) is 4.74 Å². The number of H-pyrrole nitrogens is 1. The number of nitrogens with one attached hydrogen (secondary N) is 2. The number of aromatic nitrogens is 1. The van der Waals surface area contributed by atoms with E-state index in [0.717, 1.165) is 29.7 Å². The van der Waals surface area contributed by atoms with E-state index in [1.54, 1.807) is 6.20 Å². The molecular weight excluding hydrogens is 356 g/mol. The lowest BCUT2D eigenvalue weighted by atomic mass is 10.2. The van der Waals surface area contributed by atoms with Crippen molar-refractivity contribution in [2.45, 2.75) is 11.3 Å². The molecule has 0 radical (unpaired) electrons. The van der Waals surface area contributed by atoms with Gasteiger partial charge in [-0.3, -0.25) is 0 Å². The largest absolute Gasteiger partial charge is 0.494 e. The van der Waals surface area contributed by atoms with E-state index in [1.165, 1.54) is 18.0 Å². The highest BCUT2D eigenvalue weighted by Crippen LogP contribution is 2.30. The Bertz CT molecular complexity index is 865. The Morgan fingerprint density at radius 2 is 1.85 bits per heavy atom. The minimum absolute atomic E-state index is 0.550. The smallest absolute Gasteiger partial charge is 0.160 e. The fraction of sp³-hybridized carbons (Fsp3) is 0.263. The molecule has 0 aliphatic carbocycles. The number of rotatable bonds is 8. The number of halogens is 2. The van der Waals surface area contributed by atoms with Gasteiger partial charge in [-0.05, 0) is 62.8 Å². The lowest BCUT2D eigenvalue weighted by Crippen LogP contribution is -2.15. The molecule has 26 heavy (non-hydrogen) atoms. The predicted octanol–water partition coefficient (Wildman–Crippen LogP) is 4.90. The number of aromatic amines is 1. The molecule has 2 N–H and O–H groups in total. The molecule has 0 saturated heterocycles. The average Bonchev–Trinajstić information content (AvgIpc) is 3.00. The summed E-state index contributed by atoms with van der Waals surface area (Å²) in [5.41, 5.74) is 1.25. The van der Waals surface area contributed by atoms with Crippen LogP contribution in [0.5, 0.6) is 5.75 Å². The first-order valence-corrected chi connectivity index (χ1v) is 9.11. The van der Waals surface area contributed by atoms with Gasteiger partial charge in [0.25, 0.3) is 0 Å². The zero-order valence-electron chi connectivity index (χ0n) is 14.7. The Morgan fingerprint density at radius 3 is 2.58 bits per heavy atom. The molecule has 0 bridgehead atoms. The standard InChI is InChI=1S/C19H21F2N3OS/c1-24(2)8-3-9-25-13-4-6-14(7-5-13)26-23-19-12-22-18-11-17(21)16(20)10-15(18)19/h4-7,10-12,22-23H,3,8-9H2,1-2H3. The van der Waals surface area contributed by atoms with E-state index in [2.05, 4.69) is 14.6 Å². The molecule has 138 valence electrons. The lowest BCUT2D eigenvalue weighted by molar-refractivity contribution is 0.281. The summed E-state index contributed by atoms with van der Waals surface area (Å²) in [5, 5.41) is 0.609. The molecule has 0 aliphatic heterocycles. The molecule has 1 aromatic heterocycles. The molecule has 0 atom stereocenters. The molecule has 7 heteroatoms. The number of hydrogen-bond acceptors (Lipinski definition) is 4. The molecule has 0 amide bonds. The van der Waals surface area contributed by atoms with Crippen LogP contribution in [-0.2, 0) is 0 Å². The van der Waals surface area contributed by atoms with Gasteiger partial charge >= 0.3 is 0 Å². The number of nitrogens with zero attached hydrogens (tertiary/aromatic N) is 1. The Hall–Kier alpha value is -2.25. The van der Waals surface area contributed by atoms with Crippen molar-refractivity contribution in [2.24, 2.45) is 0 Å². The molecule has 2 aromatic carbocycles. The number of ether oxygens (including phenoxy) is 1. The second-order valence-corrected chi connectivity index (χ2v) is 7.07. The third-order valence-corrected chi connectivity index (χ3v) is 4.67. The molecule has 0 unspecified atom stereocenters. The maximum absolute atomic E-state index is 13.4. The Labute approximate surface area is 155 Å². The summed E-state index contributed by atoms with van der Waals surface area (Å²) in [6.45, 7) is 1.67. The van der Waals surface area contributed by atoms with Gasteiger partial charge in [-0.15, -0.1) is 0 Å². The molecule has 0 fully saturated rings. The van der Waals surface area contributed by atoms with Crippen molar-refractivity contribution in [3.05, 3.63) is 54.2 Å². The first-order chi connectivity index (χ1) is 12.5. The monoisotopic (exact) mass is 377 g/mol. The third-order valence-electron chi connectivity index (χ3n) is 3.84. The molecule has 0 saturated carbocycles. The van der Waals surface area contributed by atoms with E-state index < -0.39 is 11.6 Å². The highest BCUT2D eigenvalue weighted by molar-refractivity contribution is 8.00. The molecule has 0 aliphatic rings. The van der Waals surface area contributed by atoms with Crippen molar-refractivity contribution in [1.82, 2.24) is 9.88 Å². The van der Waals surface area contributed by atoms with Crippen molar-refractivity contribution in [2.75, 3.05) is 32.0 Å². The predicted molar refractivity (Wildman–Crippen MR) is 103 cm³/mol. The second-order valence-electron chi connectivity index (χ2n) is 6.20. The summed E-state index contributed by atoms with van der Waals surface area (Å²) in [4.78, 5) is 6.05. The normalized spacial score (nSPS) is 11.3. The van der Waals surface area contributed by atoms with Crippen LogP contribution in [0.2, 0.25) is 0 Å². The Morgan fingerprint density at radius 1 is 1.12 bits per heavy atom. The van der Waals surface area contributed by atoms with Crippen molar-refractivity contribution < 1.29 is 13.5 Å².